The van der Waals surface area contributed by atoms with E-state index in [1.165, 1.54) is 12.2 Å². The molecule has 0 saturated carbocycles. The molecule has 33 heavy (non-hydrogen) atoms. The monoisotopic (exact) mass is 448 g/mol. The van der Waals surface area contributed by atoms with Crippen molar-refractivity contribution in [1.82, 2.24) is 4.90 Å². The number of ether oxygens (including phenoxy) is 1. The van der Waals surface area contributed by atoms with E-state index >= 15 is 0 Å². The summed E-state index contributed by atoms with van der Waals surface area (Å²) in [6, 6.07) is 5.66. The van der Waals surface area contributed by atoms with Gasteiger partial charge in [0.1, 0.15) is 6.61 Å². The van der Waals surface area contributed by atoms with E-state index in [2.05, 4.69) is 5.32 Å². The lowest BCUT2D eigenvalue weighted by atomic mass is 9.97. The molecule has 0 spiro atoms. The van der Waals surface area contributed by atoms with E-state index in [0.29, 0.717) is 12.1 Å². The van der Waals surface area contributed by atoms with Crippen LogP contribution in [-0.4, -0.2) is 41.7 Å². The normalized spacial score (nSPS) is 19.7. The van der Waals surface area contributed by atoms with E-state index in [-0.39, 0.29) is 37.4 Å². The summed E-state index contributed by atoms with van der Waals surface area (Å²) in [7, 11) is 0. The van der Waals surface area contributed by atoms with Crippen LogP contribution < -0.4 is 5.32 Å². The molecule has 1 aliphatic heterocycles. The zero-order valence-electron chi connectivity index (χ0n) is 19.1. The minimum atomic E-state index is -0.408. The summed E-state index contributed by atoms with van der Waals surface area (Å²) in [6.07, 6.45) is 10.7. The predicted octanol–water partition coefficient (Wildman–Crippen LogP) is 3.90. The van der Waals surface area contributed by atoms with Gasteiger partial charge in [-0.05, 0) is 48.3 Å². The first kappa shape index (κ1) is 23.9. The van der Waals surface area contributed by atoms with E-state index < -0.39 is 11.8 Å². The van der Waals surface area contributed by atoms with Gasteiger partial charge >= 0.3 is 5.97 Å². The molecule has 1 heterocycles. The molecule has 1 N–H and O–H groups in total. The Hall–Kier alpha value is -3.74. The molecule has 1 atom stereocenters. The second kappa shape index (κ2) is 10.7. The predicted molar refractivity (Wildman–Crippen MR) is 126 cm³/mol. The van der Waals surface area contributed by atoms with Crippen LogP contribution in [0.1, 0.15) is 50.7 Å². The van der Waals surface area contributed by atoms with Gasteiger partial charge in [-0.15, -0.1) is 0 Å². The van der Waals surface area contributed by atoms with Crippen LogP contribution >= 0.6 is 0 Å². The van der Waals surface area contributed by atoms with E-state index in [1.54, 1.807) is 6.92 Å². The number of benzene rings is 1. The summed E-state index contributed by atoms with van der Waals surface area (Å²) >= 11 is 0. The minimum Gasteiger partial charge on any atom is -0.465 e. The second-order valence-corrected chi connectivity index (χ2v) is 7.70. The number of imide groups is 1. The van der Waals surface area contributed by atoms with Gasteiger partial charge in [0.15, 0.2) is 0 Å². The fraction of sp³-hybridized carbons (Fsp3) is 0.308. The van der Waals surface area contributed by atoms with Gasteiger partial charge in [-0.1, -0.05) is 37.3 Å². The average molecular weight is 449 g/mol. The first-order chi connectivity index (χ1) is 15.9. The Morgan fingerprint density at radius 1 is 1.15 bits per heavy atom. The molecule has 1 aromatic rings. The number of anilines is 1. The van der Waals surface area contributed by atoms with Crippen LogP contribution in [0.15, 0.2) is 60.2 Å². The number of carbonyl (C=O) groups is 4. The van der Waals surface area contributed by atoms with Gasteiger partial charge in [-0.3, -0.25) is 24.1 Å². The smallest absolute Gasteiger partial charge is 0.305 e. The first-order valence-corrected chi connectivity index (χ1v) is 11.0. The fourth-order valence-corrected chi connectivity index (χ4v) is 3.97. The second-order valence-electron chi connectivity index (χ2n) is 7.70. The highest BCUT2D eigenvalue weighted by Crippen LogP contribution is 2.46. The third-order valence-corrected chi connectivity index (χ3v) is 5.62. The van der Waals surface area contributed by atoms with Crippen LogP contribution in [0.4, 0.5) is 5.69 Å². The number of hydrogen-bond acceptors (Lipinski definition) is 5. The molecule has 0 saturated heterocycles. The lowest BCUT2D eigenvalue weighted by Crippen LogP contribution is -2.33. The number of amides is 3. The molecule has 7 heteroatoms. The number of esters is 1. The van der Waals surface area contributed by atoms with Crippen molar-refractivity contribution in [3.8, 4) is 0 Å². The van der Waals surface area contributed by atoms with Gasteiger partial charge < -0.3 is 10.1 Å². The molecule has 7 nitrogen and oxygen atoms in total. The molecule has 0 bridgehead atoms. The van der Waals surface area contributed by atoms with Crippen LogP contribution in [0, 0.1) is 0 Å². The molecule has 2 aliphatic rings. The van der Waals surface area contributed by atoms with Crippen molar-refractivity contribution in [3.63, 3.8) is 0 Å². The van der Waals surface area contributed by atoms with Gasteiger partial charge in [0.05, 0.1) is 0 Å². The van der Waals surface area contributed by atoms with E-state index in [0.717, 1.165) is 27.2 Å². The number of allylic oxidation sites excluding steroid dienone is 5. The Morgan fingerprint density at radius 3 is 2.52 bits per heavy atom. The summed E-state index contributed by atoms with van der Waals surface area (Å²) in [6.45, 7) is 5.90. The fourth-order valence-electron chi connectivity index (χ4n) is 3.97. The lowest BCUT2D eigenvalue weighted by molar-refractivity contribution is -0.143. The topological polar surface area (TPSA) is 92.8 Å². The highest BCUT2D eigenvalue weighted by Gasteiger charge is 2.32. The number of rotatable bonds is 8. The minimum absolute atomic E-state index is 0.000344. The largest absolute Gasteiger partial charge is 0.465 e. The van der Waals surface area contributed by atoms with Crippen molar-refractivity contribution in [2.75, 3.05) is 18.5 Å². The molecule has 0 radical (unpaired) electrons. The number of carbonyl (C=O) groups excluding carboxylic acids is 4. The third kappa shape index (κ3) is 5.37. The van der Waals surface area contributed by atoms with Crippen molar-refractivity contribution in [1.29, 1.82) is 0 Å². The summed E-state index contributed by atoms with van der Waals surface area (Å²) in [5, 5.41) is 2.84. The van der Waals surface area contributed by atoms with E-state index in [1.807, 2.05) is 56.4 Å². The first-order valence-electron chi connectivity index (χ1n) is 11.0. The van der Waals surface area contributed by atoms with Crippen molar-refractivity contribution in [2.24, 2.45) is 0 Å². The number of hydrogen-bond donors (Lipinski definition) is 1. The third-order valence-electron chi connectivity index (χ3n) is 5.62. The molecule has 1 aliphatic carbocycles. The average Bonchev–Trinajstić information content (AvgIpc) is 3.29. The Balaban J connectivity index is 1.80. The quantitative estimate of drug-likeness (QED) is 0.481. The van der Waals surface area contributed by atoms with Crippen molar-refractivity contribution in [3.05, 3.63) is 71.4 Å². The molecule has 3 rings (SSSR count). The van der Waals surface area contributed by atoms with Gasteiger partial charge in [0, 0.05) is 43.1 Å². The van der Waals surface area contributed by atoms with E-state index in [4.69, 9.17) is 4.74 Å². The number of nitrogens with one attached hydrogen (secondary N) is 1. The molecular formula is C26H28N2O5. The Kier molecular flexibility index (Phi) is 7.77. The van der Waals surface area contributed by atoms with Gasteiger partial charge in [0.2, 0.25) is 5.91 Å². The maximum absolute atomic E-state index is 12.5. The standard InChI is InChI=1S/C26H28N2O5/c1-4-7-8-19-18(5-2)22(16-33-26(32)6-3)21-15-17(9-10-20(19)21)27-23(29)13-14-28-24(30)11-12-25(28)31/h4-5,7-12,15,22H,6,13-14,16H2,1-3H3,(H,27,29). The Bertz CT molecular complexity index is 1080. The van der Waals surface area contributed by atoms with Crippen molar-refractivity contribution >= 4 is 35.0 Å². The lowest BCUT2D eigenvalue weighted by Gasteiger charge is -2.15. The van der Waals surface area contributed by atoms with Crippen molar-refractivity contribution in [2.45, 2.75) is 39.5 Å². The van der Waals surface area contributed by atoms with E-state index in [9.17, 15) is 19.2 Å². The van der Waals surface area contributed by atoms with Gasteiger partial charge in [0.25, 0.3) is 11.8 Å². The summed E-state index contributed by atoms with van der Waals surface area (Å²) < 4.78 is 5.47. The molecule has 0 fully saturated rings. The maximum Gasteiger partial charge on any atom is 0.305 e. The summed E-state index contributed by atoms with van der Waals surface area (Å²) in [5.41, 5.74) is 4.71. The molecule has 1 aromatic carbocycles. The molecule has 1 unspecified atom stereocenters. The van der Waals surface area contributed by atoms with Crippen LogP contribution in [0.2, 0.25) is 0 Å². The van der Waals surface area contributed by atoms with Crippen molar-refractivity contribution < 1.29 is 23.9 Å². The Morgan fingerprint density at radius 2 is 1.88 bits per heavy atom. The van der Waals surface area contributed by atoms with Gasteiger partial charge in [-0.2, -0.15) is 0 Å². The highest BCUT2D eigenvalue weighted by atomic mass is 16.5. The zero-order chi connectivity index (χ0) is 24.0. The summed E-state index contributed by atoms with van der Waals surface area (Å²) in [5.74, 6) is -1.52. The number of nitrogens with zero attached hydrogens (tertiary/aromatic N) is 1. The molecule has 172 valence electrons. The number of fused-ring (bicyclic) bond motifs is 1. The maximum atomic E-state index is 12.5. The zero-order valence-corrected chi connectivity index (χ0v) is 19.1. The molecule has 0 aromatic heterocycles. The molecule has 3 amide bonds. The van der Waals surface area contributed by atoms with Crippen LogP contribution in [0.25, 0.3) is 5.57 Å². The SMILES string of the molecule is CC=CC=C1C(=CC)C(COC(=O)CC)c2cc(NC(=O)CCN3C(=O)C=CC3=O)ccc21. The molecular weight excluding hydrogens is 420 g/mol. The van der Waals surface area contributed by atoms with Crippen LogP contribution in [0.3, 0.4) is 0 Å². The van der Waals surface area contributed by atoms with Crippen LogP contribution in [-0.2, 0) is 23.9 Å². The highest BCUT2D eigenvalue weighted by molar-refractivity contribution is 6.13. The Labute approximate surface area is 193 Å². The van der Waals surface area contributed by atoms with Crippen LogP contribution in [0.5, 0.6) is 0 Å². The van der Waals surface area contributed by atoms with Gasteiger partial charge in [-0.25, -0.2) is 0 Å². The summed E-state index contributed by atoms with van der Waals surface area (Å²) in [4.78, 5) is 48.6.